The first-order valence-corrected chi connectivity index (χ1v) is 8.11. The van der Waals surface area contributed by atoms with Crippen molar-refractivity contribution in [3.05, 3.63) is 49.6 Å². The van der Waals surface area contributed by atoms with E-state index in [1.165, 1.54) is 22.3 Å². The highest BCUT2D eigenvalue weighted by molar-refractivity contribution is 9.10. The van der Waals surface area contributed by atoms with E-state index >= 15 is 0 Å². The summed E-state index contributed by atoms with van der Waals surface area (Å²) in [4.78, 5) is 0. The van der Waals surface area contributed by atoms with Crippen LogP contribution in [0.25, 0.3) is 0 Å². The molecule has 2 heterocycles. The molecule has 4 heteroatoms. The van der Waals surface area contributed by atoms with E-state index in [9.17, 15) is 0 Å². The van der Waals surface area contributed by atoms with E-state index in [0.29, 0.717) is 0 Å². The minimum Gasteiger partial charge on any atom is -0.493 e. The molecule has 2 aromatic rings. The molecule has 0 aliphatic carbocycles. The molecule has 0 amide bonds. The molecule has 1 aromatic carbocycles. The van der Waals surface area contributed by atoms with Gasteiger partial charge < -0.3 is 10.5 Å². The number of fused-ring (bicyclic) bond motifs is 1. The predicted molar refractivity (Wildman–Crippen MR) is 83.0 cm³/mol. The van der Waals surface area contributed by atoms with Gasteiger partial charge in [0.15, 0.2) is 0 Å². The summed E-state index contributed by atoms with van der Waals surface area (Å²) < 4.78 is 6.87. The zero-order chi connectivity index (χ0) is 13.4. The Kier molecular flexibility index (Phi) is 3.65. The summed E-state index contributed by atoms with van der Waals surface area (Å²) in [6.07, 6.45) is 1.81. The Labute approximate surface area is 125 Å². The summed E-state index contributed by atoms with van der Waals surface area (Å²) in [5.41, 5.74) is 11.4. The normalized spacial score (nSPS) is 15.1. The Balaban J connectivity index is 1.90. The zero-order valence-electron chi connectivity index (χ0n) is 10.8. The molecule has 1 aromatic heterocycles. The lowest BCUT2D eigenvalue weighted by Crippen LogP contribution is -2.14. The fourth-order valence-electron chi connectivity index (χ4n) is 2.59. The molecule has 2 nitrogen and oxygen atoms in total. The van der Waals surface area contributed by atoms with Gasteiger partial charge in [0, 0.05) is 16.9 Å². The van der Waals surface area contributed by atoms with Gasteiger partial charge in [-0.1, -0.05) is 15.9 Å². The van der Waals surface area contributed by atoms with Crippen LogP contribution in [0.2, 0.25) is 0 Å². The Morgan fingerprint density at radius 3 is 3.00 bits per heavy atom. The first kappa shape index (κ1) is 13.2. The Morgan fingerprint density at radius 2 is 2.26 bits per heavy atom. The van der Waals surface area contributed by atoms with Crippen LogP contribution in [0.3, 0.4) is 0 Å². The lowest BCUT2D eigenvalue weighted by molar-refractivity contribution is 0.352. The van der Waals surface area contributed by atoms with Crippen LogP contribution in [0.15, 0.2) is 27.4 Å². The first-order chi connectivity index (χ1) is 9.15. The quantitative estimate of drug-likeness (QED) is 0.918. The van der Waals surface area contributed by atoms with Crippen LogP contribution in [0, 0.1) is 6.92 Å². The minimum absolute atomic E-state index is 0.0360. The molecule has 100 valence electrons. The topological polar surface area (TPSA) is 35.2 Å². The lowest BCUT2D eigenvalue weighted by Gasteiger charge is -2.15. The van der Waals surface area contributed by atoms with Crippen LogP contribution in [-0.4, -0.2) is 6.61 Å². The molecule has 2 N–H and O–H groups in total. The predicted octanol–water partition coefficient (Wildman–Crippen LogP) is 4.00. The largest absolute Gasteiger partial charge is 0.493 e. The molecule has 0 saturated heterocycles. The van der Waals surface area contributed by atoms with Crippen molar-refractivity contribution >= 4 is 27.3 Å². The number of nitrogens with two attached hydrogens (primary N) is 1. The summed E-state index contributed by atoms with van der Waals surface area (Å²) in [6.45, 7) is 2.90. The molecule has 0 saturated carbocycles. The Hall–Kier alpha value is -0.840. The molecule has 0 radical (unpaired) electrons. The molecule has 19 heavy (non-hydrogen) atoms. The van der Waals surface area contributed by atoms with Crippen molar-refractivity contribution in [2.45, 2.75) is 25.8 Å². The van der Waals surface area contributed by atoms with Crippen LogP contribution in [0.1, 0.15) is 28.3 Å². The van der Waals surface area contributed by atoms with Crippen molar-refractivity contribution in [1.29, 1.82) is 0 Å². The average molecular weight is 338 g/mol. The van der Waals surface area contributed by atoms with E-state index in [0.717, 1.165) is 29.7 Å². The highest BCUT2D eigenvalue weighted by Gasteiger charge is 2.20. The van der Waals surface area contributed by atoms with Crippen molar-refractivity contribution < 1.29 is 4.74 Å². The standard InChI is InChI=1S/C15H16BrNOS/c1-9-7-19-8-13(9)14(17)6-11-5-12(16)4-10-2-3-18-15(10)11/h4-5,7-8,14H,2-3,6,17H2,1H3. The number of halogens is 1. The molecule has 1 aliphatic rings. The monoisotopic (exact) mass is 337 g/mol. The highest BCUT2D eigenvalue weighted by Crippen LogP contribution is 2.35. The molecular weight excluding hydrogens is 322 g/mol. The van der Waals surface area contributed by atoms with Gasteiger partial charge in [-0.15, -0.1) is 0 Å². The van der Waals surface area contributed by atoms with Gasteiger partial charge in [-0.3, -0.25) is 0 Å². The van der Waals surface area contributed by atoms with Gasteiger partial charge in [-0.05, 0) is 58.5 Å². The third kappa shape index (κ3) is 2.57. The zero-order valence-corrected chi connectivity index (χ0v) is 13.2. The SMILES string of the molecule is Cc1cscc1C(N)Cc1cc(Br)cc2c1OCC2. The fourth-order valence-corrected chi connectivity index (χ4v) is 4.06. The van der Waals surface area contributed by atoms with Gasteiger partial charge in [0.25, 0.3) is 0 Å². The Morgan fingerprint density at radius 1 is 1.42 bits per heavy atom. The number of benzene rings is 1. The summed E-state index contributed by atoms with van der Waals surface area (Å²) >= 11 is 5.29. The summed E-state index contributed by atoms with van der Waals surface area (Å²) in [7, 11) is 0. The van der Waals surface area contributed by atoms with Gasteiger partial charge in [0.1, 0.15) is 5.75 Å². The number of ether oxygens (including phenoxy) is 1. The Bertz CT molecular complexity index is 608. The van der Waals surface area contributed by atoms with E-state index in [1.54, 1.807) is 11.3 Å². The average Bonchev–Trinajstić information content (AvgIpc) is 2.97. The van der Waals surface area contributed by atoms with Gasteiger partial charge in [0.2, 0.25) is 0 Å². The number of rotatable bonds is 3. The maximum Gasteiger partial charge on any atom is 0.125 e. The van der Waals surface area contributed by atoms with Crippen molar-refractivity contribution in [3.63, 3.8) is 0 Å². The molecule has 1 aliphatic heterocycles. The maximum atomic E-state index is 6.35. The molecule has 0 bridgehead atoms. The second-order valence-corrected chi connectivity index (χ2v) is 6.63. The molecule has 0 spiro atoms. The number of hydrogen-bond acceptors (Lipinski definition) is 3. The van der Waals surface area contributed by atoms with Crippen LogP contribution >= 0.6 is 27.3 Å². The summed E-state index contributed by atoms with van der Waals surface area (Å²) in [5, 5.41) is 4.30. The second-order valence-electron chi connectivity index (χ2n) is 4.97. The smallest absolute Gasteiger partial charge is 0.125 e. The second kappa shape index (κ2) is 5.27. The van der Waals surface area contributed by atoms with E-state index in [2.05, 4.69) is 45.7 Å². The maximum absolute atomic E-state index is 6.35. The van der Waals surface area contributed by atoms with Gasteiger partial charge in [-0.25, -0.2) is 0 Å². The molecule has 1 unspecified atom stereocenters. The lowest BCUT2D eigenvalue weighted by atomic mass is 9.97. The number of thiophene rings is 1. The van der Waals surface area contributed by atoms with E-state index < -0.39 is 0 Å². The summed E-state index contributed by atoms with van der Waals surface area (Å²) in [6, 6.07) is 4.31. The third-order valence-electron chi connectivity index (χ3n) is 3.56. The van der Waals surface area contributed by atoms with E-state index in [4.69, 9.17) is 10.5 Å². The van der Waals surface area contributed by atoms with Crippen LogP contribution in [0.4, 0.5) is 0 Å². The number of aryl methyl sites for hydroxylation is 1. The molecule has 1 atom stereocenters. The molecule has 3 rings (SSSR count). The van der Waals surface area contributed by atoms with Gasteiger partial charge >= 0.3 is 0 Å². The van der Waals surface area contributed by atoms with Gasteiger partial charge in [0.05, 0.1) is 6.61 Å². The fraction of sp³-hybridized carbons (Fsp3) is 0.333. The summed E-state index contributed by atoms with van der Waals surface area (Å²) in [5.74, 6) is 1.05. The third-order valence-corrected chi connectivity index (χ3v) is 4.90. The van der Waals surface area contributed by atoms with Crippen LogP contribution < -0.4 is 10.5 Å². The highest BCUT2D eigenvalue weighted by atomic mass is 79.9. The molecule has 0 fully saturated rings. The molecular formula is C15H16BrNOS. The van der Waals surface area contributed by atoms with Crippen molar-refractivity contribution in [2.24, 2.45) is 5.73 Å². The van der Waals surface area contributed by atoms with Crippen molar-refractivity contribution in [2.75, 3.05) is 6.61 Å². The van der Waals surface area contributed by atoms with Crippen molar-refractivity contribution in [3.8, 4) is 5.75 Å². The first-order valence-electron chi connectivity index (χ1n) is 6.37. The minimum atomic E-state index is 0.0360. The van der Waals surface area contributed by atoms with E-state index in [-0.39, 0.29) is 6.04 Å². The van der Waals surface area contributed by atoms with Crippen molar-refractivity contribution in [1.82, 2.24) is 0 Å². The number of hydrogen-bond donors (Lipinski definition) is 1. The van der Waals surface area contributed by atoms with Crippen LogP contribution in [-0.2, 0) is 12.8 Å². The van der Waals surface area contributed by atoms with Crippen LogP contribution in [0.5, 0.6) is 5.75 Å². The van der Waals surface area contributed by atoms with E-state index in [1.807, 2.05) is 0 Å². The van der Waals surface area contributed by atoms with Gasteiger partial charge in [-0.2, -0.15) is 11.3 Å².